The number of benzene rings is 1. The van der Waals surface area contributed by atoms with E-state index in [1.54, 1.807) is 12.1 Å². The molecule has 1 aliphatic heterocycles. The molecule has 1 aliphatic rings. The first-order valence-electron chi connectivity index (χ1n) is 8.48. The van der Waals surface area contributed by atoms with Crippen LogP contribution < -0.4 is 20.3 Å². The van der Waals surface area contributed by atoms with E-state index in [0.29, 0.717) is 31.7 Å². The van der Waals surface area contributed by atoms with E-state index in [4.69, 9.17) is 0 Å². The molecule has 1 fully saturated rings. The smallest absolute Gasteiger partial charge is 0.404 e. The predicted octanol–water partition coefficient (Wildman–Crippen LogP) is 3.77. The van der Waals surface area contributed by atoms with Crippen molar-refractivity contribution in [3.8, 4) is 5.75 Å². The van der Waals surface area contributed by atoms with Gasteiger partial charge in [-0.3, -0.25) is 0 Å². The van der Waals surface area contributed by atoms with E-state index in [1.807, 2.05) is 23.1 Å². The van der Waals surface area contributed by atoms with Crippen LogP contribution in [0.4, 0.5) is 29.5 Å². The number of urea groups is 1. The summed E-state index contributed by atoms with van der Waals surface area (Å²) < 4.78 is 40.4. The molecule has 6 nitrogen and oxygen atoms in total. The van der Waals surface area contributed by atoms with Gasteiger partial charge in [0.2, 0.25) is 0 Å². The second-order valence-electron chi connectivity index (χ2n) is 6.13. The lowest BCUT2D eigenvalue weighted by atomic mass is 10.1. The molecule has 2 aromatic rings. The van der Waals surface area contributed by atoms with Crippen LogP contribution in [-0.2, 0) is 0 Å². The van der Waals surface area contributed by atoms with E-state index in [2.05, 4.69) is 20.4 Å². The van der Waals surface area contributed by atoms with Crippen molar-refractivity contribution in [2.24, 2.45) is 0 Å². The number of alkyl halides is 3. The van der Waals surface area contributed by atoms with Crippen LogP contribution in [0.15, 0.2) is 48.7 Å². The first kappa shape index (κ1) is 18.8. The summed E-state index contributed by atoms with van der Waals surface area (Å²) in [5.74, 6) is 0.233. The Hall–Kier alpha value is -2.97. The van der Waals surface area contributed by atoms with Crippen molar-refractivity contribution in [2.75, 3.05) is 23.3 Å². The van der Waals surface area contributed by atoms with E-state index >= 15 is 0 Å². The zero-order chi connectivity index (χ0) is 19.3. The highest BCUT2D eigenvalue weighted by Gasteiger charge is 2.31. The van der Waals surface area contributed by atoms with E-state index in [-0.39, 0.29) is 17.8 Å². The molecule has 1 saturated heterocycles. The van der Waals surface area contributed by atoms with Crippen LogP contribution in [0.2, 0.25) is 0 Å². The van der Waals surface area contributed by atoms with Gasteiger partial charge in [0.15, 0.2) is 0 Å². The Kier molecular flexibility index (Phi) is 5.68. The summed E-state index contributed by atoms with van der Waals surface area (Å²) >= 11 is 0. The topological polar surface area (TPSA) is 66.5 Å². The molecule has 0 bridgehead atoms. The SMILES string of the molecule is O=C(Nc1ccccc1)NC1CCN(c2ccc(OC(F)(F)F)cn2)CC1. The maximum atomic E-state index is 12.2. The van der Waals surface area contributed by atoms with Crippen LogP contribution in [0, 0.1) is 0 Å². The number of para-hydroxylation sites is 1. The van der Waals surface area contributed by atoms with Gasteiger partial charge in [-0.15, -0.1) is 13.2 Å². The molecule has 3 rings (SSSR count). The molecule has 27 heavy (non-hydrogen) atoms. The van der Waals surface area contributed by atoms with E-state index < -0.39 is 6.36 Å². The lowest BCUT2D eigenvalue weighted by molar-refractivity contribution is -0.274. The van der Waals surface area contributed by atoms with Crippen molar-refractivity contribution in [2.45, 2.75) is 25.2 Å². The molecule has 0 unspecified atom stereocenters. The van der Waals surface area contributed by atoms with Crippen molar-refractivity contribution < 1.29 is 22.7 Å². The quantitative estimate of drug-likeness (QED) is 0.847. The number of hydrogen-bond acceptors (Lipinski definition) is 4. The Balaban J connectivity index is 1.46. The Bertz CT molecular complexity index is 745. The second kappa shape index (κ2) is 8.15. The summed E-state index contributed by atoms with van der Waals surface area (Å²) in [6.07, 6.45) is -2.25. The van der Waals surface area contributed by atoms with Crippen LogP contribution in [0.1, 0.15) is 12.8 Å². The average Bonchev–Trinajstić information content (AvgIpc) is 2.62. The van der Waals surface area contributed by atoms with Gasteiger partial charge >= 0.3 is 12.4 Å². The zero-order valence-corrected chi connectivity index (χ0v) is 14.4. The molecule has 1 aromatic heterocycles. The molecule has 2 amide bonds. The average molecular weight is 380 g/mol. The molecule has 144 valence electrons. The fourth-order valence-corrected chi connectivity index (χ4v) is 2.88. The predicted molar refractivity (Wildman–Crippen MR) is 94.8 cm³/mol. The molecule has 0 atom stereocenters. The number of hydrogen-bond donors (Lipinski definition) is 2. The van der Waals surface area contributed by atoms with Crippen molar-refractivity contribution >= 4 is 17.5 Å². The highest BCUT2D eigenvalue weighted by Crippen LogP contribution is 2.24. The molecule has 2 N–H and O–H groups in total. The van der Waals surface area contributed by atoms with Gasteiger partial charge in [-0.2, -0.15) is 0 Å². The Morgan fingerprint density at radius 1 is 1.11 bits per heavy atom. The van der Waals surface area contributed by atoms with E-state index in [1.165, 1.54) is 12.1 Å². The fraction of sp³-hybridized carbons (Fsp3) is 0.333. The van der Waals surface area contributed by atoms with Crippen molar-refractivity contribution in [1.29, 1.82) is 0 Å². The number of pyridine rings is 1. The maximum absolute atomic E-state index is 12.2. The summed E-state index contributed by atoms with van der Waals surface area (Å²) in [4.78, 5) is 18.0. The monoisotopic (exact) mass is 380 g/mol. The summed E-state index contributed by atoms with van der Waals surface area (Å²) in [6.45, 7) is 1.28. The highest BCUT2D eigenvalue weighted by molar-refractivity contribution is 5.89. The molecule has 0 radical (unpaired) electrons. The van der Waals surface area contributed by atoms with Gasteiger partial charge in [-0.25, -0.2) is 9.78 Å². The molecule has 0 saturated carbocycles. The number of nitrogens with zero attached hydrogens (tertiary/aromatic N) is 2. The summed E-state index contributed by atoms with van der Waals surface area (Å²) in [7, 11) is 0. The summed E-state index contributed by atoms with van der Waals surface area (Å²) in [6, 6.07) is 11.7. The third-order valence-corrected chi connectivity index (χ3v) is 4.14. The van der Waals surface area contributed by atoms with Crippen LogP contribution in [0.5, 0.6) is 5.75 Å². The number of halogens is 3. The number of carbonyl (C=O) groups is 1. The van der Waals surface area contributed by atoms with Crippen molar-refractivity contribution in [3.63, 3.8) is 0 Å². The number of anilines is 2. The number of nitrogens with one attached hydrogen (secondary N) is 2. The first-order valence-corrected chi connectivity index (χ1v) is 8.48. The number of rotatable bonds is 4. The van der Waals surface area contributed by atoms with Crippen molar-refractivity contribution in [3.05, 3.63) is 48.7 Å². The van der Waals surface area contributed by atoms with Crippen LogP contribution in [0.3, 0.4) is 0 Å². The zero-order valence-electron chi connectivity index (χ0n) is 14.4. The Morgan fingerprint density at radius 2 is 1.81 bits per heavy atom. The van der Waals surface area contributed by atoms with Gasteiger partial charge in [0.05, 0.1) is 6.20 Å². The molecular formula is C18H19F3N4O2. The number of aromatic nitrogens is 1. The maximum Gasteiger partial charge on any atom is 0.573 e. The minimum Gasteiger partial charge on any atom is -0.404 e. The van der Waals surface area contributed by atoms with Gasteiger partial charge < -0.3 is 20.3 Å². The van der Waals surface area contributed by atoms with Crippen molar-refractivity contribution in [1.82, 2.24) is 10.3 Å². The number of piperidine rings is 1. The molecular weight excluding hydrogens is 361 g/mol. The first-order chi connectivity index (χ1) is 12.9. The molecule has 1 aromatic carbocycles. The number of amides is 2. The lowest BCUT2D eigenvalue weighted by Gasteiger charge is -2.33. The standard InChI is InChI=1S/C18H19F3N4O2/c19-18(20,21)27-15-6-7-16(22-12-15)25-10-8-14(9-11-25)24-17(26)23-13-4-2-1-3-5-13/h1-7,12,14H,8-11H2,(H2,23,24,26). The van der Waals surface area contributed by atoms with Gasteiger partial charge in [0, 0.05) is 24.8 Å². The largest absolute Gasteiger partial charge is 0.573 e. The molecule has 9 heteroatoms. The van der Waals surface area contributed by atoms with Gasteiger partial charge in [-0.1, -0.05) is 18.2 Å². The Labute approximate surface area is 154 Å². The van der Waals surface area contributed by atoms with Gasteiger partial charge in [0.1, 0.15) is 11.6 Å². The fourth-order valence-electron chi connectivity index (χ4n) is 2.88. The second-order valence-corrected chi connectivity index (χ2v) is 6.13. The van der Waals surface area contributed by atoms with Gasteiger partial charge in [0.25, 0.3) is 0 Å². The van der Waals surface area contributed by atoms with Gasteiger partial charge in [-0.05, 0) is 37.1 Å². The van der Waals surface area contributed by atoms with Crippen LogP contribution in [-0.4, -0.2) is 36.5 Å². The highest BCUT2D eigenvalue weighted by atomic mass is 19.4. The summed E-state index contributed by atoms with van der Waals surface area (Å²) in [5, 5.41) is 5.71. The number of ether oxygens (including phenoxy) is 1. The third kappa shape index (κ3) is 5.77. The molecule has 2 heterocycles. The lowest BCUT2D eigenvalue weighted by Crippen LogP contribution is -2.46. The number of carbonyl (C=O) groups excluding carboxylic acids is 1. The molecule has 0 aliphatic carbocycles. The third-order valence-electron chi connectivity index (χ3n) is 4.14. The minimum atomic E-state index is -4.73. The minimum absolute atomic E-state index is 0.0257. The summed E-state index contributed by atoms with van der Waals surface area (Å²) in [5.41, 5.74) is 0.720. The van der Waals surface area contributed by atoms with Crippen LogP contribution in [0.25, 0.3) is 0 Å². The molecule has 0 spiro atoms. The normalized spacial score (nSPS) is 15.3. The Morgan fingerprint density at radius 3 is 2.41 bits per heavy atom. The van der Waals surface area contributed by atoms with Crippen LogP contribution >= 0.6 is 0 Å². The van der Waals surface area contributed by atoms with E-state index in [0.717, 1.165) is 11.9 Å². The van der Waals surface area contributed by atoms with E-state index in [9.17, 15) is 18.0 Å².